The van der Waals surface area contributed by atoms with Gasteiger partial charge in [-0.05, 0) is 18.2 Å². The first kappa shape index (κ1) is 12.6. The third kappa shape index (κ3) is 2.25. The van der Waals surface area contributed by atoms with Gasteiger partial charge in [0.2, 0.25) is 0 Å². The van der Waals surface area contributed by atoms with E-state index in [1.54, 1.807) is 24.5 Å². The van der Waals surface area contributed by atoms with Gasteiger partial charge < -0.3 is 0 Å². The van der Waals surface area contributed by atoms with Crippen molar-refractivity contribution in [2.45, 2.75) is 0 Å². The SMILES string of the molecule is Clc1ccc(Cl)c(-c2cnc3ncncc3c2)c1Cl. The number of aromatic nitrogens is 3. The molecule has 0 fully saturated rings. The zero-order chi connectivity index (χ0) is 13.4. The van der Waals surface area contributed by atoms with Crippen LogP contribution in [0.15, 0.2) is 36.9 Å². The van der Waals surface area contributed by atoms with Gasteiger partial charge in [-0.25, -0.2) is 15.0 Å². The molecule has 0 atom stereocenters. The average Bonchev–Trinajstić information content (AvgIpc) is 2.43. The molecule has 0 amide bonds. The molecule has 3 aromatic rings. The molecule has 3 rings (SSSR count). The Labute approximate surface area is 124 Å². The lowest BCUT2D eigenvalue weighted by Crippen LogP contribution is -1.88. The molecule has 0 unspecified atom stereocenters. The summed E-state index contributed by atoms with van der Waals surface area (Å²) < 4.78 is 0. The number of nitrogens with zero attached hydrogens (tertiary/aromatic N) is 3. The zero-order valence-corrected chi connectivity index (χ0v) is 11.7. The fourth-order valence-electron chi connectivity index (χ4n) is 1.81. The highest BCUT2D eigenvalue weighted by Gasteiger charge is 2.12. The van der Waals surface area contributed by atoms with E-state index in [1.165, 1.54) is 6.33 Å². The van der Waals surface area contributed by atoms with E-state index in [-0.39, 0.29) is 0 Å². The van der Waals surface area contributed by atoms with Crippen molar-refractivity contribution in [1.82, 2.24) is 15.0 Å². The van der Waals surface area contributed by atoms with Gasteiger partial charge in [0.15, 0.2) is 5.65 Å². The minimum Gasteiger partial charge on any atom is -0.244 e. The minimum atomic E-state index is 0.409. The van der Waals surface area contributed by atoms with E-state index >= 15 is 0 Å². The fourth-order valence-corrected chi connectivity index (χ4v) is 2.55. The Balaban J connectivity index is 2.27. The Bertz CT molecular complexity index is 774. The maximum Gasteiger partial charge on any atom is 0.162 e. The second-order valence-electron chi connectivity index (χ2n) is 3.88. The Kier molecular flexibility index (Phi) is 3.27. The lowest BCUT2D eigenvalue weighted by atomic mass is 10.1. The number of hydrogen-bond donors (Lipinski definition) is 0. The molecule has 3 nitrogen and oxygen atoms in total. The Morgan fingerprint density at radius 2 is 1.68 bits per heavy atom. The van der Waals surface area contributed by atoms with Crippen LogP contribution in [0.5, 0.6) is 0 Å². The van der Waals surface area contributed by atoms with Crippen molar-refractivity contribution in [3.05, 3.63) is 52.0 Å². The van der Waals surface area contributed by atoms with E-state index in [1.807, 2.05) is 6.07 Å². The van der Waals surface area contributed by atoms with E-state index in [0.29, 0.717) is 26.3 Å². The summed E-state index contributed by atoms with van der Waals surface area (Å²) in [6.45, 7) is 0. The van der Waals surface area contributed by atoms with Gasteiger partial charge in [-0.2, -0.15) is 0 Å². The van der Waals surface area contributed by atoms with Crippen LogP contribution in [0, 0.1) is 0 Å². The molecule has 1 aromatic carbocycles. The summed E-state index contributed by atoms with van der Waals surface area (Å²) in [5.41, 5.74) is 2.06. The van der Waals surface area contributed by atoms with Gasteiger partial charge in [-0.3, -0.25) is 0 Å². The lowest BCUT2D eigenvalue weighted by Gasteiger charge is -2.08. The number of hydrogen-bond acceptors (Lipinski definition) is 3. The summed E-state index contributed by atoms with van der Waals surface area (Å²) in [5, 5.41) is 2.19. The summed E-state index contributed by atoms with van der Waals surface area (Å²) in [4.78, 5) is 12.3. The number of pyridine rings is 1. The lowest BCUT2D eigenvalue weighted by molar-refractivity contribution is 1.18. The molecule has 0 saturated carbocycles. The van der Waals surface area contributed by atoms with E-state index in [9.17, 15) is 0 Å². The minimum absolute atomic E-state index is 0.409. The molecule has 0 saturated heterocycles. The van der Waals surface area contributed by atoms with Gasteiger partial charge in [-0.1, -0.05) is 34.8 Å². The van der Waals surface area contributed by atoms with Crippen LogP contribution in [-0.2, 0) is 0 Å². The van der Waals surface area contributed by atoms with Crippen molar-refractivity contribution < 1.29 is 0 Å². The summed E-state index contributed by atoms with van der Waals surface area (Å²) in [6, 6.07) is 5.25. The van der Waals surface area contributed by atoms with Crippen molar-refractivity contribution >= 4 is 45.8 Å². The topological polar surface area (TPSA) is 38.7 Å². The standard InChI is InChI=1S/C13H6Cl3N3/c14-9-1-2-10(15)12(16)11(9)7-3-8-4-17-6-19-13(8)18-5-7/h1-6H. The van der Waals surface area contributed by atoms with Crippen LogP contribution in [0.4, 0.5) is 0 Å². The van der Waals surface area contributed by atoms with E-state index in [0.717, 1.165) is 10.9 Å². The van der Waals surface area contributed by atoms with Gasteiger partial charge in [-0.15, -0.1) is 0 Å². The van der Waals surface area contributed by atoms with E-state index in [2.05, 4.69) is 15.0 Å². The predicted octanol–water partition coefficient (Wildman–Crippen LogP) is 4.65. The fraction of sp³-hybridized carbons (Fsp3) is 0. The largest absolute Gasteiger partial charge is 0.244 e. The Morgan fingerprint density at radius 1 is 0.895 bits per heavy atom. The third-order valence-corrected chi connectivity index (χ3v) is 3.81. The molecule has 0 spiro atoms. The first-order valence-electron chi connectivity index (χ1n) is 5.36. The van der Waals surface area contributed by atoms with Crippen molar-refractivity contribution in [3.8, 4) is 11.1 Å². The first-order chi connectivity index (χ1) is 9.16. The summed E-state index contributed by atoms with van der Waals surface area (Å²) in [6.07, 6.45) is 4.80. The molecule has 2 aromatic heterocycles. The number of halogens is 3. The van der Waals surface area contributed by atoms with Gasteiger partial charge >= 0.3 is 0 Å². The smallest absolute Gasteiger partial charge is 0.162 e. The highest BCUT2D eigenvalue weighted by molar-refractivity contribution is 6.46. The molecule has 6 heteroatoms. The van der Waals surface area contributed by atoms with E-state index < -0.39 is 0 Å². The van der Waals surface area contributed by atoms with Crippen LogP contribution in [0.25, 0.3) is 22.2 Å². The van der Waals surface area contributed by atoms with E-state index in [4.69, 9.17) is 34.8 Å². The maximum absolute atomic E-state index is 6.21. The van der Waals surface area contributed by atoms with Crippen molar-refractivity contribution in [2.75, 3.05) is 0 Å². The van der Waals surface area contributed by atoms with Crippen molar-refractivity contribution in [3.63, 3.8) is 0 Å². The monoisotopic (exact) mass is 309 g/mol. The van der Waals surface area contributed by atoms with Crippen LogP contribution in [0.2, 0.25) is 15.1 Å². The van der Waals surface area contributed by atoms with Crippen LogP contribution in [-0.4, -0.2) is 15.0 Å². The Hall–Kier alpha value is -1.42. The van der Waals surface area contributed by atoms with Crippen molar-refractivity contribution in [1.29, 1.82) is 0 Å². The summed E-state index contributed by atoms with van der Waals surface area (Å²) in [5.74, 6) is 0. The van der Waals surface area contributed by atoms with Gasteiger partial charge in [0.05, 0.1) is 15.1 Å². The molecule has 0 bridgehead atoms. The summed E-state index contributed by atoms with van der Waals surface area (Å²) >= 11 is 18.4. The first-order valence-corrected chi connectivity index (χ1v) is 6.50. The molecule has 0 N–H and O–H groups in total. The molecular formula is C13H6Cl3N3. The number of benzene rings is 1. The zero-order valence-electron chi connectivity index (χ0n) is 9.44. The van der Waals surface area contributed by atoms with Crippen molar-refractivity contribution in [2.24, 2.45) is 0 Å². The average molecular weight is 311 g/mol. The Morgan fingerprint density at radius 3 is 2.53 bits per heavy atom. The van der Waals surface area contributed by atoms with Crippen LogP contribution >= 0.6 is 34.8 Å². The quantitative estimate of drug-likeness (QED) is 0.614. The molecule has 0 aliphatic rings. The normalized spacial score (nSPS) is 10.9. The molecule has 0 aliphatic carbocycles. The molecule has 2 heterocycles. The number of rotatable bonds is 1. The van der Waals surface area contributed by atoms with Gasteiger partial charge in [0, 0.05) is 28.9 Å². The molecule has 19 heavy (non-hydrogen) atoms. The van der Waals surface area contributed by atoms with Gasteiger partial charge in [0.25, 0.3) is 0 Å². The second kappa shape index (κ2) is 4.93. The number of fused-ring (bicyclic) bond motifs is 1. The maximum atomic E-state index is 6.21. The van der Waals surface area contributed by atoms with Crippen LogP contribution in [0.1, 0.15) is 0 Å². The molecule has 0 aliphatic heterocycles. The van der Waals surface area contributed by atoms with Crippen LogP contribution < -0.4 is 0 Å². The molecular weight excluding hydrogens is 305 g/mol. The summed E-state index contributed by atoms with van der Waals surface area (Å²) in [7, 11) is 0. The third-order valence-electron chi connectivity index (χ3n) is 2.69. The highest BCUT2D eigenvalue weighted by Crippen LogP contribution is 2.39. The van der Waals surface area contributed by atoms with Gasteiger partial charge in [0.1, 0.15) is 6.33 Å². The molecule has 0 radical (unpaired) electrons. The second-order valence-corrected chi connectivity index (χ2v) is 5.07. The highest BCUT2D eigenvalue weighted by atomic mass is 35.5. The predicted molar refractivity (Wildman–Crippen MR) is 77.8 cm³/mol. The molecule has 94 valence electrons. The van der Waals surface area contributed by atoms with Crippen LogP contribution in [0.3, 0.4) is 0 Å².